The van der Waals surface area contributed by atoms with Gasteiger partial charge < -0.3 is 15.3 Å². The topological polar surface area (TPSA) is 72.9 Å². The minimum atomic E-state index is -1.15. The second-order valence-electron chi connectivity index (χ2n) is 6.32. The molecule has 6 nitrogen and oxygen atoms in total. The third kappa shape index (κ3) is 3.00. The van der Waals surface area contributed by atoms with Crippen molar-refractivity contribution in [1.29, 1.82) is 0 Å². The summed E-state index contributed by atoms with van der Waals surface area (Å²) in [5.41, 5.74) is -1.15. The monoisotopic (exact) mass is 297 g/mol. The molecule has 2 fully saturated rings. The number of hydrogen-bond donors (Lipinski definition) is 2. The van der Waals surface area contributed by atoms with Gasteiger partial charge in [0.15, 0.2) is 0 Å². The number of amides is 2. The van der Waals surface area contributed by atoms with Gasteiger partial charge in [0.05, 0.1) is 0 Å². The number of carboxylic acid groups (broad SMARTS) is 1. The average molecular weight is 297 g/mol. The maximum atomic E-state index is 12.6. The highest BCUT2D eigenvalue weighted by Crippen LogP contribution is 2.25. The molecule has 0 bridgehead atoms. The van der Waals surface area contributed by atoms with Crippen LogP contribution >= 0.6 is 0 Å². The maximum Gasteiger partial charge on any atom is 0.329 e. The molecule has 0 radical (unpaired) electrons. The molecule has 2 atom stereocenters. The molecule has 21 heavy (non-hydrogen) atoms. The van der Waals surface area contributed by atoms with E-state index in [1.165, 1.54) is 6.42 Å². The first kappa shape index (κ1) is 16.1. The quantitative estimate of drug-likeness (QED) is 0.825. The lowest BCUT2D eigenvalue weighted by molar-refractivity contribution is -0.144. The third-order valence-electron chi connectivity index (χ3n) is 5.16. The number of aliphatic carboxylic acids is 1. The maximum absolute atomic E-state index is 12.6. The van der Waals surface area contributed by atoms with Crippen molar-refractivity contribution in [2.45, 2.75) is 64.1 Å². The highest BCUT2D eigenvalue weighted by molar-refractivity contribution is 5.86. The van der Waals surface area contributed by atoms with E-state index >= 15 is 0 Å². The van der Waals surface area contributed by atoms with Crippen LogP contribution < -0.4 is 5.32 Å². The summed E-state index contributed by atoms with van der Waals surface area (Å²) in [6, 6.07) is 0.328. The number of fused-ring (bicyclic) bond motifs is 1. The van der Waals surface area contributed by atoms with Crippen molar-refractivity contribution < 1.29 is 14.7 Å². The molecule has 0 aromatic heterocycles. The number of rotatable bonds is 4. The number of hydrogen-bond acceptors (Lipinski definition) is 3. The van der Waals surface area contributed by atoms with Crippen LogP contribution in [-0.2, 0) is 4.79 Å². The Balaban J connectivity index is 2.06. The number of carbonyl (C=O) groups is 2. The average Bonchev–Trinajstić information content (AvgIpc) is 2.90. The zero-order valence-electron chi connectivity index (χ0n) is 13.3. The van der Waals surface area contributed by atoms with E-state index in [1.807, 2.05) is 11.8 Å². The number of carboxylic acids is 1. The van der Waals surface area contributed by atoms with E-state index in [2.05, 4.69) is 10.2 Å². The van der Waals surface area contributed by atoms with Crippen LogP contribution in [0.5, 0.6) is 0 Å². The smallest absolute Gasteiger partial charge is 0.329 e. The number of piperazine rings is 1. The van der Waals surface area contributed by atoms with E-state index in [0.717, 1.165) is 19.5 Å². The summed E-state index contributed by atoms with van der Waals surface area (Å²) in [4.78, 5) is 28.4. The van der Waals surface area contributed by atoms with Gasteiger partial charge in [0, 0.05) is 25.2 Å². The Hall–Kier alpha value is -1.30. The van der Waals surface area contributed by atoms with E-state index in [1.54, 1.807) is 13.8 Å². The summed E-state index contributed by atoms with van der Waals surface area (Å²) in [5, 5.41) is 12.2. The molecule has 0 aromatic carbocycles. The zero-order chi connectivity index (χ0) is 15.6. The normalized spacial score (nSPS) is 26.5. The first-order valence-electron chi connectivity index (χ1n) is 7.99. The molecular formula is C15H27N3O3. The first-order valence-corrected chi connectivity index (χ1v) is 7.99. The van der Waals surface area contributed by atoms with Crippen LogP contribution in [0.1, 0.15) is 46.5 Å². The van der Waals surface area contributed by atoms with Gasteiger partial charge in [0.2, 0.25) is 0 Å². The Labute approximate surface area is 126 Å². The molecule has 2 aliphatic heterocycles. The van der Waals surface area contributed by atoms with Crippen LogP contribution in [0.25, 0.3) is 0 Å². The predicted molar refractivity (Wildman–Crippen MR) is 80.2 cm³/mol. The Bertz CT molecular complexity index is 409. The van der Waals surface area contributed by atoms with Crippen molar-refractivity contribution >= 4 is 12.0 Å². The van der Waals surface area contributed by atoms with Crippen LogP contribution in [0.3, 0.4) is 0 Å². The zero-order valence-corrected chi connectivity index (χ0v) is 13.3. The summed E-state index contributed by atoms with van der Waals surface area (Å²) in [6.45, 7) is 8.35. The van der Waals surface area contributed by atoms with E-state index < -0.39 is 11.5 Å². The summed E-state index contributed by atoms with van der Waals surface area (Å²) in [5.74, 6) is -0.951. The largest absolute Gasteiger partial charge is 0.480 e. The molecule has 2 aliphatic rings. The van der Waals surface area contributed by atoms with Crippen molar-refractivity contribution in [1.82, 2.24) is 15.1 Å². The van der Waals surface area contributed by atoms with Gasteiger partial charge in [0.1, 0.15) is 5.54 Å². The molecule has 6 heteroatoms. The van der Waals surface area contributed by atoms with Crippen molar-refractivity contribution in [3.05, 3.63) is 0 Å². The highest BCUT2D eigenvalue weighted by Gasteiger charge is 2.41. The molecule has 2 unspecified atom stereocenters. The Kier molecular flexibility index (Phi) is 4.76. The predicted octanol–water partition coefficient (Wildman–Crippen LogP) is 1.51. The fraction of sp³-hybridized carbons (Fsp3) is 0.867. The summed E-state index contributed by atoms with van der Waals surface area (Å²) in [7, 11) is 0. The van der Waals surface area contributed by atoms with Crippen LogP contribution in [-0.4, -0.2) is 64.2 Å². The van der Waals surface area contributed by atoms with Crippen molar-refractivity contribution in [2.75, 3.05) is 19.6 Å². The van der Waals surface area contributed by atoms with Crippen LogP contribution in [0.15, 0.2) is 0 Å². The molecule has 120 valence electrons. The number of nitrogens with one attached hydrogen (secondary N) is 1. The molecule has 2 rings (SSSR count). The number of nitrogens with zero attached hydrogens (tertiary/aromatic N) is 2. The fourth-order valence-corrected chi connectivity index (χ4v) is 3.53. The van der Waals surface area contributed by atoms with Crippen LogP contribution in [0.4, 0.5) is 4.79 Å². The fourth-order valence-electron chi connectivity index (χ4n) is 3.53. The van der Waals surface area contributed by atoms with Gasteiger partial charge in [-0.25, -0.2) is 9.59 Å². The van der Waals surface area contributed by atoms with Crippen molar-refractivity contribution in [3.8, 4) is 0 Å². The van der Waals surface area contributed by atoms with E-state index in [9.17, 15) is 14.7 Å². The molecule has 2 saturated heterocycles. The van der Waals surface area contributed by atoms with Crippen molar-refractivity contribution in [3.63, 3.8) is 0 Å². The summed E-state index contributed by atoms with van der Waals surface area (Å²) >= 11 is 0. The second-order valence-corrected chi connectivity index (χ2v) is 6.32. The summed E-state index contributed by atoms with van der Waals surface area (Å²) < 4.78 is 0. The van der Waals surface area contributed by atoms with Crippen LogP contribution in [0.2, 0.25) is 0 Å². The van der Waals surface area contributed by atoms with Gasteiger partial charge in [-0.15, -0.1) is 0 Å². The summed E-state index contributed by atoms with van der Waals surface area (Å²) in [6.07, 6.45) is 3.10. The lowest BCUT2D eigenvalue weighted by Crippen LogP contribution is -2.63. The molecule has 0 saturated carbocycles. The van der Waals surface area contributed by atoms with Gasteiger partial charge in [-0.1, -0.05) is 13.8 Å². The standard InChI is InChI=1S/C15H27N3O3/c1-4-15(5-2,13(19)20)16-14(21)18-10-12-7-6-8-17(12)9-11(18)3/h11-12H,4-10H2,1-3H3,(H,16,21)(H,19,20). The molecule has 2 N–H and O–H groups in total. The van der Waals surface area contributed by atoms with Gasteiger partial charge >= 0.3 is 12.0 Å². The Morgan fingerprint density at radius 3 is 2.52 bits per heavy atom. The molecular weight excluding hydrogens is 270 g/mol. The molecule has 0 aliphatic carbocycles. The van der Waals surface area contributed by atoms with Crippen molar-refractivity contribution in [2.24, 2.45) is 0 Å². The number of urea groups is 1. The molecule has 2 heterocycles. The SMILES string of the molecule is CCC(CC)(NC(=O)N1CC2CCCN2CC1C)C(=O)O. The van der Waals surface area contributed by atoms with Gasteiger partial charge in [0.25, 0.3) is 0 Å². The Morgan fingerprint density at radius 1 is 1.29 bits per heavy atom. The number of carbonyl (C=O) groups excluding carboxylic acids is 1. The van der Waals surface area contributed by atoms with E-state index in [0.29, 0.717) is 25.4 Å². The first-order chi connectivity index (χ1) is 9.93. The molecule has 2 amide bonds. The second kappa shape index (κ2) is 6.22. The minimum absolute atomic E-state index is 0.125. The van der Waals surface area contributed by atoms with Gasteiger partial charge in [-0.2, -0.15) is 0 Å². The van der Waals surface area contributed by atoms with Gasteiger partial charge in [-0.3, -0.25) is 4.90 Å². The minimum Gasteiger partial charge on any atom is -0.480 e. The van der Waals surface area contributed by atoms with E-state index in [-0.39, 0.29) is 12.1 Å². The lowest BCUT2D eigenvalue weighted by atomic mass is 9.93. The highest BCUT2D eigenvalue weighted by atomic mass is 16.4. The molecule has 0 spiro atoms. The van der Waals surface area contributed by atoms with Crippen LogP contribution in [0, 0.1) is 0 Å². The molecule has 0 aromatic rings. The van der Waals surface area contributed by atoms with E-state index in [4.69, 9.17) is 0 Å². The van der Waals surface area contributed by atoms with Gasteiger partial charge in [-0.05, 0) is 39.2 Å². The lowest BCUT2D eigenvalue weighted by Gasteiger charge is -2.43. The Morgan fingerprint density at radius 2 is 1.95 bits per heavy atom. The third-order valence-corrected chi connectivity index (χ3v) is 5.16.